The number of benzene rings is 1. The average Bonchev–Trinajstić information content (AvgIpc) is 3.13. The molecule has 0 amide bonds. The molecule has 1 aromatic rings. The Hall–Kier alpha value is -2.04. The van der Waals surface area contributed by atoms with Crippen molar-refractivity contribution in [1.29, 1.82) is 0 Å². The number of esters is 1. The van der Waals surface area contributed by atoms with Crippen LogP contribution in [-0.2, 0) is 28.4 Å². The minimum atomic E-state index is -1.39. The Morgan fingerprint density at radius 1 is 1.03 bits per heavy atom. The smallest absolute Gasteiger partial charge is 0.339 e. The molecule has 0 saturated carbocycles. The molecule has 3 heterocycles. The van der Waals surface area contributed by atoms with Gasteiger partial charge in [0.15, 0.2) is 17.7 Å². The maximum absolute atomic E-state index is 13.0. The van der Waals surface area contributed by atoms with E-state index in [4.69, 9.17) is 28.4 Å². The summed E-state index contributed by atoms with van der Waals surface area (Å²) in [6.45, 7) is 7.16. The Labute approximate surface area is 167 Å². The van der Waals surface area contributed by atoms with E-state index in [1.165, 1.54) is 18.2 Å². The summed E-state index contributed by atoms with van der Waals surface area (Å²) in [4.78, 5) is 24.5. The molecular formula is C20H24O9. The van der Waals surface area contributed by atoms with Gasteiger partial charge in [0.25, 0.3) is 0 Å². The summed E-state index contributed by atoms with van der Waals surface area (Å²) in [7, 11) is 0. The number of carbonyl (C=O) groups is 2. The first-order chi connectivity index (χ1) is 13.5. The van der Waals surface area contributed by atoms with Crippen molar-refractivity contribution in [1.82, 2.24) is 0 Å². The number of carboxylic acid groups (broad SMARTS) is 1. The maximum Gasteiger partial charge on any atom is 0.339 e. The lowest BCUT2D eigenvalue weighted by Gasteiger charge is -2.43. The van der Waals surface area contributed by atoms with Crippen LogP contribution in [0.3, 0.4) is 0 Å². The van der Waals surface area contributed by atoms with Crippen molar-refractivity contribution in [2.75, 3.05) is 13.2 Å². The van der Waals surface area contributed by atoms with Crippen LogP contribution in [-0.4, -0.2) is 65.9 Å². The van der Waals surface area contributed by atoms with Crippen molar-refractivity contribution >= 4 is 11.9 Å². The Morgan fingerprint density at radius 3 is 2.34 bits per heavy atom. The molecule has 4 rings (SSSR count). The van der Waals surface area contributed by atoms with Gasteiger partial charge in [-0.1, -0.05) is 12.1 Å². The first-order valence-electron chi connectivity index (χ1n) is 9.39. The van der Waals surface area contributed by atoms with Crippen LogP contribution in [0.2, 0.25) is 0 Å². The molecule has 4 atom stereocenters. The van der Waals surface area contributed by atoms with Crippen molar-refractivity contribution in [2.45, 2.75) is 63.4 Å². The van der Waals surface area contributed by atoms with Gasteiger partial charge in [0.05, 0.1) is 17.7 Å². The van der Waals surface area contributed by atoms with E-state index in [1.807, 2.05) is 0 Å². The molecule has 3 fully saturated rings. The molecule has 1 spiro atoms. The fraction of sp³-hybridized carbons (Fsp3) is 0.600. The van der Waals surface area contributed by atoms with Crippen molar-refractivity contribution < 1.29 is 43.1 Å². The highest BCUT2D eigenvalue weighted by Crippen LogP contribution is 2.45. The van der Waals surface area contributed by atoms with Gasteiger partial charge in [-0.25, -0.2) is 9.59 Å². The van der Waals surface area contributed by atoms with E-state index in [0.717, 1.165) is 0 Å². The van der Waals surface area contributed by atoms with E-state index in [9.17, 15) is 14.7 Å². The van der Waals surface area contributed by atoms with Gasteiger partial charge in [0.2, 0.25) is 5.79 Å². The molecule has 9 nitrogen and oxygen atoms in total. The third-order valence-electron chi connectivity index (χ3n) is 5.10. The third kappa shape index (κ3) is 3.64. The Bertz CT molecular complexity index is 831. The molecule has 1 aromatic carbocycles. The number of rotatable bonds is 3. The summed E-state index contributed by atoms with van der Waals surface area (Å²) < 4.78 is 35.3. The largest absolute Gasteiger partial charge is 0.478 e. The minimum absolute atomic E-state index is 0.0194. The minimum Gasteiger partial charge on any atom is -0.478 e. The van der Waals surface area contributed by atoms with Gasteiger partial charge in [-0.05, 0) is 39.8 Å². The van der Waals surface area contributed by atoms with Gasteiger partial charge in [0, 0.05) is 0 Å². The van der Waals surface area contributed by atoms with Crippen LogP contribution in [0.15, 0.2) is 24.3 Å². The van der Waals surface area contributed by atoms with E-state index in [2.05, 4.69) is 0 Å². The zero-order valence-corrected chi connectivity index (χ0v) is 16.7. The topological polar surface area (TPSA) is 110 Å². The lowest BCUT2D eigenvalue weighted by molar-refractivity contribution is -0.325. The molecule has 1 N–H and O–H groups in total. The van der Waals surface area contributed by atoms with Gasteiger partial charge in [-0.2, -0.15) is 0 Å². The first-order valence-corrected chi connectivity index (χ1v) is 9.39. The fourth-order valence-corrected chi connectivity index (χ4v) is 3.95. The SMILES string of the molecule is CC1(C)O[C@@H]2[C@@H](CO[C@]3(COC(C)(C)O3)[C@H]2OC(=O)c2ccccc2C(=O)O)O1. The molecule has 0 aliphatic carbocycles. The lowest BCUT2D eigenvalue weighted by atomic mass is 9.96. The number of ether oxygens (including phenoxy) is 6. The van der Waals surface area contributed by atoms with Crippen LogP contribution in [0.4, 0.5) is 0 Å². The summed E-state index contributed by atoms with van der Waals surface area (Å²) in [5.74, 6) is -5.29. The molecule has 3 aliphatic heterocycles. The highest BCUT2D eigenvalue weighted by atomic mass is 16.9. The first kappa shape index (κ1) is 20.2. The number of carboxylic acids is 1. The Balaban J connectivity index is 1.67. The predicted octanol–water partition coefficient (Wildman–Crippen LogP) is 1.94. The molecule has 0 aromatic heterocycles. The summed E-state index contributed by atoms with van der Waals surface area (Å²) in [6.07, 6.45) is -2.17. The van der Waals surface area contributed by atoms with Crippen LogP contribution in [0.5, 0.6) is 0 Å². The van der Waals surface area contributed by atoms with Crippen LogP contribution in [0.25, 0.3) is 0 Å². The van der Waals surface area contributed by atoms with Crippen molar-refractivity contribution in [3.63, 3.8) is 0 Å². The Morgan fingerprint density at radius 2 is 1.72 bits per heavy atom. The number of carbonyl (C=O) groups excluding carboxylic acids is 1. The summed E-state index contributed by atoms with van der Waals surface area (Å²) in [5.41, 5.74) is -0.235. The second kappa shape index (κ2) is 6.75. The van der Waals surface area contributed by atoms with Crippen LogP contribution in [0, 0.1) is 0 Å². The fourth-order valence-electron chi connectivity index (χ4n) is 3.95. The summed E-state index contributed by atoms with van der Waals surface area (Å²) in [5, 5.41) is 9.39. The molecule has 0 bridgehead atoms. The van der Waals surface area contributed by atoms with Crippen LogP contribution < -0.4 is 0 Å². The molecule has 9 heteroatoms. The maximum atomic E-state index is 13.0. The average molecular weight is 408 g/mol. The van der Waals surface area contributed by atoms with Crippen molar-refractivity contribution in [2.24, 2.45) is 0 Å². The molecule has 3 aliphatic rings. The van der Waals surface area contributed by atoms with E-state index in [0.29, 0.717) is 0 Å². The summed E-state index contributed by atoms with van der Waals surface area (Å²) in [6, 6.07) is 5.83. The number of hydrogen-bond acceptors (Lipinski definition) is 8. The molecule has 0 unspecified atom stereocenters. The highest BCUT2D eigenvalue weighted by molar-refractivity contribution is 6.02. The van der Waals surface area contributed by atoms with E-state index in [-0.39, 0.29) is 24.3 Å². The third-order valence-corrected chi connectivity index (χ3v) is 5.10. The second-order valence-corrected chi connectivity index (χ2v) is 8.23. The van der Waals surface area contributed by atoms with Crippen LogP contribution >= 0.6 is 0 Å². The molecular weight excluding hydrogens is 384 g/mol. The Kier molecular flexibility index (Phi) is 4.71. The van der Waals surface area contributed by atoms with Gasteiger partial charge in [-0.15, -0.1) is 0 Å². The predicted molar refractivity (Wildman–Crippen MR) is 96.2 cm³/mol. The summed E-state index contributed by atoms with van der Waals surface area (Å²) >= 11 is 0. The number of fused-ring (bicyclic) bond motifs is 1. The zero-order chi connectivity index (χ0) is 21.0. The molecule has 158 valence electrons. The van der Waals surface area contributed by atoms with Gasteiger partial charge in [0.1, 0.15) is 18.8 Å². The lowest BCUT2D eigenvalue weighted by Crippen LogP contribution is -2.63. The van der Waals surface area contributed by atoms with E-state index < -0.39 is 47.6 Å². The standard InChI is InChI=1S/C20H24O9/c1-18(2)25-10-20(29-18)15(14-13(9-24-20)27-19(3,4)28-14)26-17(23)12-8-6-5-7-11(12)16(21)22/h5-8,13-15H,9-10H2,1-4H3,(H,21,22)/t13-,14-,15+,20+/m1/s1. The van der Waals surface area contributed by atoms with E-state index in [1.54, 1.807) is 33.8 Å². The highest BCUT2D eigenvalue weighted by Gasteiger charge is 2.64. The molecule has 29 heavy (non-hydrogen) atoms. The van der Waals surface area contributed by atoms with Gasteiger partial charge >= 0.3 is 11.9 Å². The zero-order valence-electron chi connectivity index (χ0n) is 16.7. The van der Waals surface area contributed by atoms with Gasteiger partial charge < -0.3 is 33.5 Å². The quantitative estimate of drug-likeness (QED) is 0.750. The molecule has 0 radical (unpaired) electrons. The van der Waals surface area contributed by atoms with E-state index >= 15 is 0 Å². The normalized spacial score (nSPS) is 34.7. The van der Waals surface area contributed by atoms with Gasteiger partial charge in [-0.3, -0.25) is 0 Å². The number of aromatic carboxylic acids is 1. The number of hydrogen-bond donors (Lipinski definition) is 1. The van der Waals surface area contributed by atoms with Crippen LogP contribution in [0.1, 0.15) is 48.4 Å². The van der Waals surface area contributed by atoms with Crippen molar-refractivity contribution in [3.8, 4) is 0 Å². The molecule has 3 saturated heterocycles. The second-order valence-electron chi connectivity index (χ2n) is 8.23. The van der Waals surface area contributed by atoms with Crippen molar-refractivity contribution in [3.05, 3.63) is 35.4 Å². The monoisotopic (exact) mass is 408 g/mol.